The number of nitrogens with zero attached hydrogens (tertiary/aromatic N) is 3. The van der Waals surface area contributed by atoms with Gasteiger partial charge in [-0.3, -0.25) is 4.79 Å². The van der Waals surface area contributed by atoms with Gasteiger partial charge in [0.25, 0.3) is 0 Å². The van der Waals surface area contributed by atoms with Gasteiger partial charge in [0.05, 0.1) is 5.41 Å². The van der Waals surface area contributed by atoms with Crippen LogP contribution in [0, 0.1) is 22.2 Å². The molecule has 4 saturated carbocycles. The van der Waals surface area contributed by atoms with Crippen LogP contribution in [0.25, 0.3) is 11.4 Å². The van der Waals surface area contributed by atoms with Crippen LogP contribution in [0.1, 0.15) is 52.4 Å². The van der Waals surface area contributed by atoms with Crippen molar-refractivity contribution in [2.45, 2.75) is 52.4 Å². The number of benzene rings is 1. The Morgan fingerprint density at radius 3 is 2.58 bits per heavy atom. The Kier molecular flexibility index (Phi) is 3.16. The van der Waals surface area contributed by atoms with Crippen molar-refractivity contribution in [1.29, 1.82) is 0 Å². The number of aromatic nitrogens is 4. The van der Waals surface area contributed by atoms with Gasteiger partial charge in [-0.2, -0.15) is 5.21 Å². The molecule has 4 bridgehead atoms. The van der Waals surface area contributed by atoms with Gasteiger partial charge in [-0.15, -0.1) is 10.2 Å². The van der Waals surface area contributed by atoms with Gasteiger partial charge in [0, 0.05) is 11.3 Å². The van der Waals surface area contributed by atoms with Crippen LogP contribution in [-0.2, 0) is 4.79 Å². The normalized spacial score (nSPS) is 37.7. The van der Waals surface area contributed by atoms with Crippen molar-refractivity contribution in [2.75, 3.05) is 5.32 Å². The quantitative estimate of drug-likeness (QED) is 0.881. The summed E-state index contributed by atoms with van der Waals surface area (Å²) in [6.45, 7) is 4.79. The van der Waals surface area contributed by atoms with Crippen LogP contribution in [-0.4, -0.2) is 26.5 Å². The van der Waals surface area contributed by atoms with Crippen molar-refractivity contribution in [2.24, 2.45) is 22.2 Å². The fraction of sp³-hybridized carbons (Fsp3) is 0.600. The van der Waals surface area contributed by atoms with E-state index in [0.717, 1.165) is 30.5 Å². The number of H-pyrrole nitrogens is 1. The Balaban J connectivity index is 1.42. The molecule has 4 atom stereocenters. The van der Waals surface area contributed by atoms with E-state index in [1.54, 1.807) is 0 Å². The van der Waals surface area contributed by atoms with Crippen LogP contribution < -0.4 is 5.32 Å². The van der Waals surface area contributed by atoms with Gasteiger partial charge < -0.3 is 5.32 Å². The first-order valence-electron chi connectivity index (χ1n) is 9.53. The van der Waals surface area contributed by atoms with Gasteiger partial charge in [-0.1, -0.05) is 26.0 Å². The van der Waals surface area contributed by atoms with Gasteiger partial charge in [0.15, 0.2) is 0 Å². The summed E-state index contributed by atoms with van der Waals surface area (Å²) in [6, 6.07) is 7.70. The van der Waals surface area contributed by atoms with Crippen molar-refractivity contribution in [3.63, 3.8) is 0 Å². The highest BCUT2D eigenvalue weighted by Gasteiger charge is 2.62. The highest BCUT2D eigenvalue weighted by Crippen LogP contribution is 2.69. The van der Waals surface area contributed by atoms with Crippen molar-refractivity contribution < 1.29 is 4.79 Å². The molecule has 2 aromatic rings. The predicted octanol–water partition coefficient (Wildman–Crippen LogP) is 3.80. The number of nitrogens with one attached hydrogen (secondary N) is 2. The Hall–Kier alpha value is -2.24. The lowest BCUT2D eigenvalue weighted by Gasteiger charge is -2.64. The summed E-state index contributed by atoms with van der Waals surface area (Å²) in [4.78, 5) is 13.4. The van der Waals surface area contributed by atoms with Gasteiger partial charge >= 0.3 is 0 Å². The lowest BCUT2D eigenvalue weighted by atomic mass is 9.40. The highest BCUT2D eigenvalue weighted by atomic mass is 16.2. The SMILES string of the molecule is C[C@]12CC3CC(C(=O)Nc4cccc(-c5nn[nH]n5)c4)(C1)C[C@@](C)(C3)C2. The number of anilines is 1. The largest absolute Gasteiger partial charge is 0.326 e. The summed E-state index contributed by atoms with van der Waals surface area (Å²) >= 11 is 0. The van der Waals surface area contributed by atoms with E-state index in [9.17, 15) is 4.79 Å². The molecule has 1 aromatic heterocycles. The van der Waals surface area contributed by atoms with E-state index >= 15 is 0 Å². The molecule has 6 heteroatoms. The third kappa shape index (κ3) is 2.46. The molecule has 0 aliphatic heterocycles. The molecule has 6 rings (SSSR count). The molecule has 26 heavy (non-hydrogen) atoms. The molecule has 6 nitrogen and oxygen atoms in total. The summed E-state index contributed by atoms with van der Waals surface area (Å²) in [7, 11) is 0. The van der Waals surface area contributed by atoms with Crippen LogP contribution in [0.3, 0.4) is 0 Å². The summed E-state index contributed by atoms with van der Waals surface area (Å²) in [6.07, 6.45) is 6.98. The Morgan fingerprint density at radius 1 is 1.15 bits per heavy atom. The van der Waals surface area contributed by atoms with E-state index in [1.807, 2.05) is 24.3 Å². The zero-order valence-corrected chi connectivity index (χ0v) is 15.4. The minimum absolute atomic E-state index is 0.198. The minimum atomic E-state index is -0.203. The van der Waals surface area contributed by atoms with Crippen LogP contribution in [0.5, 0.6) is 0 Å². The highest BCUT2D eigenvalue weighted by molar-refractivity contribution is 5.96. The second kappa shape index (κ2) is 5.15. The fourth-order valence-electron chi connectivity index (χ4n) is 6.98. The first kappa shape index (κ1) is 16.0. The number of hydrogen-bond acceptors (Lipinski definition) is 4. The Morgan fingerprint density at radius 2 is 1.92 bits per heavy atom. The van der Waals surface area contributed by atoms with E-state index in [0.29, 0.717) is 22.6 Å². The van der Waals surface area contributed by atoms with Gasteiger partial charge in [0.1, 0.15) is 0 Å². The molecule has 136 valence electrons. The monoisotopic (exact) mass is 351 g/mol. The maximum atomic E-state index is 13.4. The lowest BCUT2D eigenvalue weighted by molar-refractivity contribution is -0.165. The fourth-order valence-corrected chi connectivity index (χ4v) is 6.98. The van der Waals surface area contributed by atoms with E-state index in [2.05, 4.69) is 39.8 Å². The predicted molar refractivity (Wildman–Crippen MR) is 98.1 cm³/mol. The second-order valence-electron chi connectivity index (χ2n) is 9.68. The molecule has 2 N–H and O–H groups in total. The summed E-state index contributed by atoms with van der Waals surface area (Å²) in [5.41, 5.74) is 2.12. The zero-order valence-electron chi connectivity index (χ0n) is 15.4. The van der Waals surface area contributed by atoms with Gasteiger partial charge in [-0.25, -0.2) is 0 Å². The third-order valence-corrected chi connectivity index (χ3v) is 6.83. The van der Waals surface area contributed by atoms with Crippen molar-refractivity contribution in [3.05, 3.63) is 24.3 Å². The van der Waals surface area contributed by atoms with E-state index in [4.69, 9.17) is 0 Å². The molecular weight excluding hydrogens is 326 g/mol. The maximum absolute atomic E-state index is 13.4. The average Bonchev–Trinajstić information content (AvgIpc) is 3.06. The van der Waals surface area contributed by atoms with Crippen LogP contribution >= 0.6 is 0 Å². The second-order valence-corrected chi connectivity index (χ2v) is 9.68. The summed E-state index contributed by atoms with van der Waals surface area (Å²) in [5, 5.41) is 17.3. The average molecular weight is 351 g/mol. The third-order valence-electron chi connectivity index (χ3n) is 6.83. The summed E-state index contributed by atoms with van der Waals surface area (Å²) < 4.78 is 0. The van der Waals surface area contributed by atoms with Gasteiger partial charge in [0.2, 0.25) is 11.7 Å². The first-order chi connectivity index (χ1) is 12.4. The van der Waals surface area contributed by atoms with Crippen molar-refractivity contribution in [1.82, 2.24) is 20.6 Å². The Bertz CT molecular complexity index is 843. The number of carbonyl (C=O) groups is 1. The standard InChI is InChI=1S/C20H25N5O/c1-18-7-13-8-19(2,10-18)12-20(9-13,11-18)17(26)21-15-5-3-4-14(6-15)16-22-24-25-23-16/h3-6,13H,7-12H2,1-2H3,(H,21,26)(H,22,23,24,25)/t13?,18-,19+,20?. The van der Waals surface area contributed by atoms with Crippen LogP contribution in [0.4, 0.5) is 5.69 Å². The first-order valence-corrected chi connectivity index (χ1v) is 9.53. The lowest BCUT2D eigenvalue weighted by Crippen LogP contribution is -2.58. The molecule has 4 fully saturated rings. The van der Waals surface area contributed by atoms with Crippen molar-refractivity contribution in [3.8, 4) is 11.4 Å². The van der Waals surface area contributed by atoms with E-state index in [-0.39, 0.29) is 11.3 Å². The number of aromatic amines is 1. The number of carbonyl (C=O) groups excluding carboxylic acids is 1. The molecule has 0 saturated heterocycles. The molecule has 2 unspecified atom stereocenters. The molecule has 1 aromatic carbocycles. The molecule has 0 radical (unpaired) electrons. The van der Waals surface area contributed by atoms with Crippen LogP contribution in [0.15, 0.2) is 24.3 Å². The molecular formula is C20H25N5O. The molecule has 1 heterocycles. The molecule has 0 spiro atoms. The number of hydrogen-bond donors (Lipinski definition) is 2. The molecule has 4 aliphatic rings. The summed E-state index contributed by atoms with van der Waals surface area (Å²) in [5.74, 6) is 1.44. The number of amides is 1. The Labute approximate surface area is 153 Å². The van der Waals surface area contributed by atoms with E-state index in [1.165, 1.54) is 19.3 Å². The molecule has 1 amide bonds. The molecule has 4 aliphatic carbocycles. The van der Waals surface area contributed by atoms with E-state index < -0.39 is 0 Å². The zero-order chi connectivity index (χ0) is 18.0. The van der Waals surface area contributed by atoms with Gasteiger partial charge in [-0.05, 0) is 72.6 Å². The van der Waals surface area contributed by atoms with Crippen LogP contribution in [0.2, 0.25) is 0 Å². The maximum Gasteiger partial charge on any atom is 0.230 e. The number of tetrazole rings is 1. The van der Waals surface area contributed by atoms with Crippen molar-refractivity contribution >= 4 is 11.6 Å². The minimum Gasteiger partial charge on any atom is -0.326 e. The number of rotatable bonds is 3. The topological polar surface area (TPSA) is 83.6 Å². The smallest absolute Gasteiger partial charge is 0.230 e.